The Bertz CT molecular complexity index is 1440. The molecule has 0 N–H and O–H groups in total. The number of nitrogens with zero attached hydrogens (tertiary/aromatic N) is 3. The van der Waals surface area contributed by atoms with Gasteiger partial charge in [0.2, 0.25) is 0 Å². The molecule has 2 heterocycles. The molecule has 0 aliphatic heterocycles. The Morgan fingerprint density at radius 3 is 2.62 bits per heavy atom. The van der Waals surface area contributed by atoms with E-state index in [-0.39, 0.29) is 5.56 Å². The summed E-state index contributed by atoms with van der Waals surface area (Å²) >= 11 is 1.43. The molecule has 158 valence electrons. The van der Waals surface area contributed by atoms with Crippen LogP contribution in [0.3, 0.4) is 0 Å². The molecule has 5 aromatic rings. The molecule has 32 heavy (non-hydrogen) atoms. The van der Waals surface area contributed by atoms with Crippen LogP contribution in [-0.4, -0.2) is 21.8 Å². The summed E-state index contributed by atoms with van der Waals surface area (Å²) in [6.45, 7) is 0. The molecule has 7 heteroatoms. The van der Waals surface area contributed by atoms with Crippen molar-refractivity contribution < 1.29 is 9.26 Å². The maximum absolute atomic E-state index is 13.4. The average molecular weight is 442 g/mol. The van der Waals surface area contributed by atoms with Gasteiger partial charge in [0.05, 0.1) is 29.4 Å². The second-order valence-corrected chi connectivity index (χ2v) is 8.03. The second-order valence-electron chi connectivity index (χ2n) is 7.09. The number of aromatic nitrogens is 3. The van der Waals surface area contributed by atoms with E-state index in [0.29, 0.717) is 39.0 Å². The molecular formula is C25H19N3O3S. The van der Waals surface area contributed by atoms with Crippen molar-refractivity contribution in [3.63, 3.8) is 0 Å². The van der Waals surface area contributed by atoms with Crippen molar-refractivity contribution >= 4 is 22.7 Å². The summed E-state index contributed by atoms with van der Waals surface area (Å²) in [6, 6.07) is 26.5. The van der Waals surface area contributed by atoms with Crippen LogP contribution >= 0.6 is 11.8 Å². The van der Waals surface area contributed by atoms with Crippen LogP contribution in [-0.2, 0) is 5.75 Å². The summed E-state index contributed by atoms with van der Waals surface area (Å²) in [4.78, 5) is 18.2. The molecule has 6 nitrogen and oxygen atoms in total. The monoisotopic (exact) mass is 441 g/mol. The number of para-hydroxylation sites is 1. The van der Waals surface area contributed by atoms with E-state index in [0.717, 1.165) is 11.3 Å². The predicted molar refractivity (Wildman–Crippen MR) is 125 cm³/mol. The molecule has 5 rings (SSSR count). The summed E-state index contributed by atoms with van der Waals surface area (Å²) in [7, 11) is 1.60. The van der Waals surface area contributed by atoms with Gasteiger partial charge in [0, 0.05) is 23.4 Å². The molecule has 0 aliphatic carbocycles. The largest absolute Gasteiger partial charge is 0.497 e. The van der Waals surface area contributed by atoms with Gasteiger partial charge in [0.1, 0.15) is 5.75 Å². The minimum absolute atomic E-state index is 0.128. The SMILES string of the molecule is COc1cccc(-n2c(SCc3cc(-c4ccccc4)on3)nc3ccccc3c2=O)c1. The molecule has 3 aromatic carbocycles. The van der Waals surface area contributed by atoms with Crippen LogP contribution in [0.5, 0.6) is 5.75 Å². The zero-order valence-corrected chi connectivity index (χ0v) is 18.1. The molecule has 0 unspecified atom stereocenters. The number of fused-ring (bicyclic) bond motifs is 1. The number of hydrogen-bond donors (Lipinski definition) is 0. The minimum Gasteiger partial charge on any atom is -0.497 e. The van der Waals surface area contributed by atoms with E-state index in [4.69, 9.17) is 14.2 Å². The predicted octanol–water partition coefficient (Wildman–Crippen LogP) is 5.34. The number of benzene rings is 3. The van der Waals surface area contributed by atoms with Crippen molar-refractivity contribution in [3.05, 3.63) is 101 Å². The lowest BCUT2D eigenvalue weighted by Gasteiger charge is -2.13. The maximum Gasteiger partial charge on any atom is 0.266 e. The van der Waals surface area contributed by atoms with Crippen LogP contribution in [0.1, 0.15) is 5.69 Å². The number of methoxy groups -OCH3 is 1. The van der Waals surface area contributed by atoms with Crippen LogP contribution in [0.4, 0.5) is 0 Å². The van der Waals surface area contributed by atoms with Gasteiger partial charge in [-0.25, -0.2) is 4.98 Å². The Morgan fingerprint density at radius 2 is 1.78 bits per heavy atom. The van der Waals surface area contributed by atoms with E-state index in [2.05, 4.69) is 5.16 Å². The van der Waals surface area contributed by atoms with Crippen molar-refractivity contribution in [2.24, 2.45) is 0 Å². The molecule has 0 fully saturated rings. The van der Waals surface area contributed by atoms with E-state index >= 15 is 0 Å². The Kier molecular flexibility index (Phi) is 5.47. The smallest absolute Gasteiger partial charge is 0.266 e. The van der Waals surface area contributed by atoms with E-state index in [1.165, 1.54) is 11.8 Å². The van der Waals surface area contributed by atoms with Crippen LogP contribution < -0.4 is 10.3 Å². The highest BCUT2D eigenvalue weighted by atomic mass is 32.2. The van der Waals surface area contributed by atoms with Crippen molar-refractivity contribution in [1.82, 2.24) is 14.7 Å². The molecular weight excluding hydrogens is 422 g/mol. The lowest BCUT2D eigenvalue weighted by molar-refractivity contribution is 0.414. The van der Waals surface area contributed by atoms with Gasteiger partial charge in [0.15, 0.2) is 10.9 Å². The molecule has 0 saturated carbocycles. The van der Waals surface area contributed by atoms with E-state index in [9.17, 15) is 4.79 Å². The normalized spacial score (nSPS) is 11.0. The summed E-state index contributed by atoms with van der Waals surface area (Å²) in [5, 5.41) is 5.33. The van der Waals surface area contributed by atoms with Gasteiger partial charge in [0.25, 0.3) is 5.56 Å². The van der Waals surface area contributed by atoms with Gasteiger partial charge >= 0.3 is 0 Å². The molecule has 2 aromatic heterocycles. The Hall–Kier alpha value is -3.84. The average Bonchev–Trinajstić information content (AvgIpc) is 3.32. The first-order chi connectivity index (χ1) is 15.7. The first-order valence-electron chi connectivity index (χ1n) is 10.0. The number of ether oxygens (including phenoxy) is 1. The van der Waals surface area contributed by atoms with Gasteiger partial charge in [-0.2, -0.15) is 0 Å². The second kappa shape index (κ2) is 8.72. The van der Waals surface area contributed by atoms with E-state index < -0.39 is 0 Å². The number of hydrogen-bond acceptors (Lipinski definition) is 6. The van der Waals surface area contributed by atoms with Crippen molar-refractivity contribution in [2.75, 3.05) is 7.11 Å². The van der Waals surface area contributed by atoms with Crippen LogP contribution in [0.15, 0.2) is 99.4 Å². The van der Waals surface area contributed by atoms with Gasteiger partial charge in [-0.05, 0) is 24.3 Å². The highest BCUT2D eigenvalue weighted by Crippen LogP contribution is 2.27. The Morgan fingerprint density at radius 1 is 0.969 bits per heavy atom. The van der Waals surface area contributed by atoms with Gasteiger partial charge in [-0.15, -0.1) is 0 Å². The van der Waals surface area contributed by atoms with Gasteiger partial charge in [-0.1, -0.05) is 65.4 Å². The Balaban J connectivity index is 1.53. The molecule has 0 aliphatic rings. The number of thioether (sulfide) groups is 1. The van der Waals surface area contributed by atoms with Crippen LogP contribution in [0.2, 0.25) is 0 Å². The number of rotatable bonds is 6. The molecule has 0 saturated heterocycles. The zero-order valence-electron chi connectivity index (χ0n) is 17.3. The molecule has 0 amide bonds. The summed E-state index contributed by atoms with van der Waals surface area (Å²) in [5.41, 5.74) is 2.96. The van der Waals surface area contributed by atoms with Crippen LogP contribution in [0, 0.1) is 0 Å². The first-order valence-corrected chi connectivity index (χ1v) is 11.0. The van der Waals surface area contributed by atoms with Crippen molar-refractivity contribution in [3.8, 4) is 22.8 Å². The lowest BCUT2D eigenvalue weighted by Crippen LogP contribution is -2.21. The molecule has 0 spiro atoms. The maximum atomic E-state index is 13.4. The fourth-order valence-corrected chi connectivity index (χ4v) is 4.34. The standard InChI is InChI=1S/C25H19N3O3S/c1-30-20-11-7-10-19(15-20)28-24(29)21-12-5-6-13-22(21)26-25(28)32-16-18-14-23(31-27-18)17-8-3-2-4-9-17/h2-15H,16H2,1H3. The van der Waals surface area contributed by atoms with Crippen molar-refractivity contribution in [1.29, 1.82) is 0 Å². The molecule has 0 radical (unpaired) electrons. The third kappa shape index (κ3) is 3.90. The quantitative estimate of drug-likeness (QED) is 0.262. The van der Waals surface area contributed by atoms with Crippen molar-refractivity contribution in [2.45, 2.75) is 10.9 Å². The lowest BCUT2D eigenvalue weighted by atomic mass is 10.2. The third-order valence-electron chi connectivity index (χ3n) is 5.02. The summed E-state index contributed by atoms with van der Waals surface area (Å²) in [6.07, 6.45) is 0. The summed E-state index contributed by atoms with van der Waals surface area (Å²) in [5.74, 6) is 1.88. The molecule has 0 atom stereocenters. The highest BCUT2D eigenvalue weighted by Gasteiger charge is 2.15. The van der Waals surface area contributed by atoms with E-state index in [1.54, 1.807) is 17.7 Å². The molecule has 0 bridgehead atoms. The third-order valence-corrected chi connectivity index (χ3v) is 6.00. The fraction of sp³-hybridized carbons (Fsp3) is 0.0800. The van der Waals surface area contributed by atoms with Crippen LogP contribution in [0.25, 0.3) is 27.9 Å². The van der Waals surface area contributed by atoms with E-state index in [1.807, 2.05) is 78.9 Å². The minimum atomic E-state index is -0.128. The topological polar surface area (TPSA) is 70.2 Å². The zero-order chi connectivity index (χ0) is 21.9. The van der Waals surface area contributed by atoms with Gasteiger partial charge < -0.3 is 9.26 Å². The Labute approximate surface area is 188 Å². The van der Waals surface area contributed by atoms with Gasteiger partial charge in [-0.3, -0.25) is 9.36 Å². The fourth-order valence-electron chi connectivity index (χ4n) is 3.44. The summed E-state index contributed by atoms with van der Waals surface area (Å²) < 4.78 is 12.5. The highest BCUT2D eigenvalue weighted by molar-refractivity contribution is 7.98. The first kappa shape index (κ1) is 20.1.